The van der Waals surface area contributed by atoms with Gasteiger partial charge in [-0.05, 0) is 50.5 Å². The first-order valence-electron chi connectivity index (χ1n) is 9.14. The average molecular weight is 358 g/mol. The molecule has 1 saturated heterocycles. The second-order valence-electron chi connectivity index (χ2n) is 6.73. The molecule has 7 nitrogen and oxygen atoms in total. The van der Waals surface area contributed by atoms with Crippen molar-refractivity contribution < 1.29 is 14.1 Å². The summed E-state index contributed by atoms with van der Waals surface area (Å²) < 4.78 is 10.6. The van der Waals surface area contributed by atoms with Crippen LogP contribution in [0.25, 0.3) is 11.4 Å². The molecule has 1 N–H and O–H groups in total. The Morgan fingerprint density at radius 1 is 1.42 bits per heavy atom. The third kappa shape index (κ3) is 4.15. The third-order valence-electron chi connectivity index (χ3n) is 4.83. The topological polar surface area (TPSA) is 80.5 Å². The third-order valence-corrected chi connectivity index (χ3v) is 4.83. The highest BCUT2D eigenvalue weighted by molar-refractivity contribution is 5.79. The number of aromatic nitrogens is 2. The molecule has 0 spiro atoms. The molecule has 2 heterocycles. The van der Waals surface area contributed by atoms with Gasteiger partial charge in [0.15, 0.2) is 0 Å². The number of rotatable bonds is 6. The minimum atomic E-state index is -0.0471. The Kier molecular flexibility index (Phi) is 5.75. The summed E-state index contributed by atoms with van der Waals surface area (Å²) in [4.78, 5) is 18.9. The molecule has 2 aromatic rings. The van der Waals surface area contributed by atoms with Gasteiger partial charge in [0.05, 0.1) is 13.0 Å². The first-order chi connectivity index (χ1) is 12.6. The Labute approximate surface area is 153 Å². The van der Waals surface area contributed by atoms with E-state index in [1.807, 2.05) is 36.1 Å². The molecule has 1 fully saturated rings. The van der Waals surface area contributed by atoms with E-state index < -0.39 is 0 Å². The predicted molar refractivity (Wildman–Crippen MR) is 99.1 cm³/mol. The van der Waals surface area contributed by atoms with E-state index in [4.69, 9.17) is 9.26 Å². The van der Waals surface area contributed by atoms with Crippen molar-refractivity contribution in [2.24, 2.45) is 5.92 Å². The number of methoxy groups -OCH3 is 1. The van der Waals surface area contributed by atoms with Crippen LogP contribution in [0.4, 0.5) is 6.01 Å². The zero-order chi connectivity index (χ0) is 18.5. The molecular formula is C19H26N4O3. The van der Waals surface area contributed by atoms with E-state index in [9.17, 15) is 4.79 Å². The molecular weight excluding hydrogens is 332 g/mol. The lowest BCUT2D eigenvalue weighted by Crippen LogP contribution is -2.45. The van der Waals surface area contributed by atoms with Crippen molar-refractivity contribution in [3.63, 3.8) is 0 Å². The molecule has 1 aromatic heterocycles. The smallest absolute Gasteiger partial charge is 0.324 e. The van der Waals surface area contributed by atoms with Crippen molar-refractivity contribution in [2.45, 2.75) is 39.2 Å². The Bertz CT molecular complexity index is 729. The summed E-state index contributed by atoms with van der Waals surface area (Å²) in [5.41, 5.74) is 0.865. The van der Waals surface area contributed by atoms with Crippen LogP contribution in [0.3, 0.4) is 0 Å². The fourth-order valence-corrected chi connectivity index (χ4v) is 3.03. The number of hydrogen-bond acceptors (Lipinski definition) is 6. The number of benzene rings is 1. The van der Waals surface area contributed by atoms with E-state index in [-0.39, 0.29) is 17.9 Å². The maximum atomic E-state index is 12.4. The van der Waals surface area contributed by atoms with Crippen molar-refractivity contribution in [3.8, 4) is 17.1 Å². The highest BCUT2D eigenvalue weighted by Crippen LogP contribution is 2.26. The molecule has 140 valence electrons. The fourth-order valence-electron chi connectivity index (χ4n) is 3.03. The molecule has 0 bridgehead atoms. The first-order valence-corrected chi connectivity index (χ1v) is 9.14. The van der Waals surface area contributed by atoms with Gasteiger partial charge < -0.3 is 19.5 Å². The Morgan fingerprint density at radius 2 is 2.19 bits per heavy atom. The second-order valence-corrected chi connectivity index (χ2v) is 6.73. The first kappa shape index (κ1) is 18.2. The van der Waals surface area contributed by atoms with Crippen LogP contribution in [0.2, 0.25) is 0 Å². The SMILES string of the molecule is CC[C@@H](C)NC(=O)[C@H]1CCCN(c2nc(-c3ccc(OC)cc3)no2)C1. The molecule has 1 aliphatic rings. The van der Waals surface area contributed by atoms with Gasteiger partial charge >= 0.3 is 6.01 Å². The monoisotopic (exact) mass is 358 g/mol. The number of piperidine rings is 1. The van der Waals surface area contributed by atoms with E-state index in [0.29, 0.717) is 18.4 Å². The van der Waals surface area contributed by atoms with Gasteiger partial charge in [-0.25, -0.2) is 0 Å². The summed E-state index contributed by atoms with van der Waals surface area (Å²) in [6.45, 7) is 5.51. The van der Waals surface area contributed by atoms with Crippen molar-refractivity contribution in [3.05, 3.63) is 24.3 Å². The average Bonchev–Trinajstić information content (AvgIpc) is 3.18. The molecule has 1 aromatic carbocycles. The molecule has 0 aliphatic carbocycles. The highest BCUT2D eigenvalue weighted by atomic mass is 16.5. The second kappa shape index (κ2) is 8.21. The van der Waals surface area contributed by atoms with Crippen LogP contribution >= 0.6 is 0 Å². The van der Waals surface area contributed by atoms with Gasteiger partial charge in [0.25, 0.3) is 0 Å². The molecule has 0 saturated carbocycles. The molecule has 0 radical (unpaired) electrons. The molecule has 1 aliphatic heterocycles. The molecule has 3 rings (SSSR count). The Hall–Kier alpha value is -2.57. The standard InChI is InChI=1S/C19H26N4O3/c1-4-13(2)20-18(24)15-6-5-11-23(12-15)19-21-17(22-26-19)14-7-9-16(25-3)10-8-14/h7-10,13,15H,4-6,11-12H2,1-3H3,(H,20,24)/t13-,15+/m1/s1. The van der Waals surface area contributed by atoms with Crippen LogP contribution in [0.15, 0.2) is 28.8 Å². The van der Waals surface area contributed by atoms with Gasteiger partial charge in [0.1, 0.15) is 5.75 Å². The number of hydrogen-bond donors (Lipinski definition) is 1. The largest absolute Gasteiger partial charge is 0.497 e. The lowest BCUT2D eigenvalue weighted by molar-refractivity contribution is -0.125. The van der Waals surface area contributed by atoms with Crippen LogP contribution in [-0.2, 0) is 4.79 Å². The van der Waals surface area contributed by atoms with Crippen molar-refractivity contribution in [2.75, 3.05) is 25.1 Å². The van der Waals surface area contributed by atoms with Gasteiger partial charge in [-0.2, -0.15) is 4.98 Å². The number of nitrogens with zero attached hydrogens (tertiary/aromatic N) is 3. The van der Waals surface area contributed by atoms with E-state index in [0.717, 1.165) is 37.1 Å². The zero-order valence-corrected chi connectivity index (χ0v) is 15.6. The number of anilines is 1. The van der Waals surface area contributed by atoms with Crippen LogP contribution in [0.1, 0.15) is 33.1 Å². The fraction of sp³-hybridized carbons (Fsp3) is 0.526. The summed E-state index contributed by atoms with van der Waals surface area (Å²) in [5, 5.41) is 7.15. The van der Waals surface area contributed by atoms with Gasteiger partial charge in [-0.3, -0.25) is 4.79 Å². The lowest BCUT2D eigenvalue weighted by atomic mass is 9.97. The summed E-state index contributed by atoms with van der Waals surface area (Å²) in [7, 11) is 1.63. The number of ether oxygens (including phenoxy) is 1. The van der Waals surface area contributed by atoms with Crippen molar-refractivity contribution >= 4 is 11.9 Å². The van der Waals surface area contributed by atoms with Gasteiger partial charge in [-0.15, -0.1) is 0 Å². The predicted octanol–water partition coefficient (Wildman–Crippen LogP) is 2.88. The molecule has 2 atom stereocenters. The minimum absolute atomic E-state index is 0.0471. The number of nitrogens with one attached hydrogen (secondary N) is 1. The zero-order valence-electron chi connectivity index (χ0n) is 15.6. The summed E-state index contributed by atoms with van der Waals surface area (Å²) in [5.74, 6) is 1.38. The highest BCUT2D eigenvalue weighted by Gasteiger charge is 2.29. The van der Waals surface area contributed by atoms with Crippen LogP contribution in [0.5, 0.6) is 5.75 Å². The molecule has 26 heavy (non-hydrogen) atoms. The van der Waals surface area contributed by atoms with Crippen LogP contribution in [0, 0.1) is 5.92 Å². The normalized spacial score (nSPS) is 18.4. The Morgan fingerprint density at radius 3 is 2.88 bits per heavy atom. The molecule has 0 unspecified atom stereocenters. The lowest BCUT2D eigenvalue weighted by Gasteiger charge is -2.31. The van der Waals surface area contributed by atoms with E-state index in [2.05, 4.69) is 22.4 Å². The minimum Gasteiger partial charge on any atom is -0.497 e. The Balaban J connectivity index is 1.67. The maximum Gasteiger partial charge on any atom is 0.324 e. The van der Waals surface area contributed by atoms with E-state index >= 15 is 0 Å². The van der Waals surface area contributed by atoms with Gasteiger partial charge in [0.2, 0.25) is 11.7 Å². The van der Waals surface area contributed by atoms with Gasteiger partial charge in [0, 0.05) is 24.7 Å². The number of amides is 1. The van der Waals surface area contributed by atoms with E-state index in [1.54, 1.807) is 7.11 Å². The number of carbonyl (C=O) groups excluding carboxylic acids is 1. The van der Waals surface area contributed by atoms with Crippen LogP contribution < -0.4 is 15.0 Å². The molecule has 1 amide bonds. The quantitative estimate of drug-likeness (QED) is 0.855. The molecule has 7 heteroatoms. The van der Waals surface area contributed by atoms with Crippen molar-refractivity contribution in [1.29, 1.82) is 0 Å². The van der Waals surface area contributed by atoms with Crippen LogP contribution in [-0.4, -0.2) is 42.3 Å². The summed E-state index contributed by atoms with van der Waals surface area (Å²) >= 11 is 0. The van der Waals surface area contributed by atoms with Gasteiger partial charge in [-0.1, -0.05) is 12.1 Å². The summed E-state index contributed by atoms with van der Waals surface area (Å²) in [6.07, 6.45) is 2.74. The van der Waals surface area contributed by atoms with Crippen molar-refractivity contribution in [1.82, 2.24) is 15.5 Å². The summed E-state index contributed by atoms with van der Waals surface area (Å²) in [6, 6.07) is 8.18. The number of carbonyl (C=O) groups is 1. The van der Waals surface area contributed by atoms with E-state index in [1.165, 1.54) is 0 Å². The maximum absolute atomic E-state index is 12.4.